The second-order valence-electron chi connectivity index (χ2n) is 5.26. The second kappa shape index (κ2) is 6.10. The summed E-state index contributed by atoms with van der Waals surface area (Å²) >= 11 is 0. The van der Waals surface area contributed by atoms with Crippen LogP contribution < -0.4 is 5.32 Å². The molecule has 0 saturated carbocycles. The number of fused-ring (bicyclic) bond motifs is 1. The van der Waals surface area contributed by atoms with Crippen molar-refractivity contribution < 1.29 is 4.42 Å². The molecule has 1 unspecified atom stereocenters. The zero-order chi connectivity index (χ0) is 14.7. The van der Waals surface area contributed by atoms with E-state index in [0.29, 0.717) is 0 Å². The van der Waals surface area contributed by atoms with Crippen molar-refractivity contribution in [3.63, 3.8) is 0 Å². The van der Waals surface area contributed by atoms with Gasteiger partial charge < -0.3 is 9.73 Å². The largest absolute Gasteiger partial charge is 0.440 e. The smallest absolute Gasteiger partial charge is 0.199 e. The maximum atomic E-state index is 5.79. The molecule has 0 aliphatic heterocycles. The van der Waals surface area contributed by atoms with E-state index < -0.39 is 0 Å². The highest BCUT2D eigenvalue weighted by Gasteiger charge is 2.13. The van der Waals surface area contributed by atoms with Crippen LogP contribution in [0.25, 0.3) is 11.1 Å². The van der Waals surface area contributed by atoms with E-state index >= 15 is 0 Å². The zero-order valence-electron chi connectivity index (χ0n) is 12.4. The molecule has 2 aromatic heterocycles. The van der Waals surface area contributed by atoms with Crippen LogP contribution in [0.3, 0.4) is 0 Å². The normalized spacial score (nSPS) is 12.9. The molecule has 2 heterocycles. The SMILES string of the molecule is CCn1cc(CNCC(C)c2nc3ccccc3o2)cn1. The summed E-state index contributed by atoms with van der Waals surface area (Å²) in [7, 11) is 0. The van der Waals surface area contributed by atoms with Crippen molar-refractivity contribution in [2.75, 3.05) is 6.54 Å². The molecule has 3 aromatic rings. The second-order valence-corrected chi connectivity index (χ2v) is 5.26. The number of nitrogens with zero attached hydrogens (tertiary/aromatic N) is 3. The molecule has 5 heteroatoms. The van der Waals surface area contributed by atoms with E-state index in [2.05, 4.69) is 35.4 Å². The first-order chi connectivity index (χ1) is 10.3. The van der Waals surface area contributed by atoms with Crippen molar-refractivity contribution in [2.45, 2.75) is 32.9 Å². The molecule has 0 aliphatic rings. The first-order valence-corrected chi connectivity index (χ1v) is 7.33. The molecule has 110 valence electrons. The van der Waals surface area contributed by atoms with Crippen LogP contribution in [0.5, 0.6) is 0 Å². The van der Waals surface area contributed by atoms with Gasteiger partial charge in [-0.05, 0) is 19.1 Å². The third-order valence-electron chi connectivity index (χ3n) is 3.52. The maximum Gasteiger partial charge on any atom is 0.199 e. The van der Waals surface area contributed by atoms with Gasteiger partial charge >= 0.3 is 0 Å². The summed E-state index contributed by atoms with van der Waals surface area (Å²) in [4.78, 5) is 4.53. The molecule has 0 fully saturated rings. The molecule has 0 radical (unpaired) electrons. The monoisotopic (exact) mass is 284 g/mol. The van der Waals surface area contributed by atoms with E-state index in [9.17, 15) is 0 Å². The van der Waals surface area contributed by atoms with Crippen LogP contribution in [0.2, 0.25) is 0 Å². The zero-order valence-corrected chi connectivity index (χ0v) is 12.4. The lowest BCUT2D eigenvalue weighted by Gasteiger charge is -2.08. The van der Waals surface area contributed by atoms with Gasteiger partial charge in [0.25, 0.3) is 0 Å². The van der Waals surface area contributed by atoms with Crippen LogP contribution in [0.4, 0.5) is 0 Å². The molecule has 0 bridgehead atoms. The Morgan fingerprint density at radius 3 is 2.95 bits per heavy atom. The Bertz CT molecular complexity index is 683. The lowest BCUT2D eigenvalue weighted by atomic mass is 10.2. The number of aromatic nitrogens is 3. The molecular weight excluding hydrogens is 264 g/mol. The molecule has 0 amide bonds. The fraction of sp³-hybridized carbons (Fsp3) is 0.375. The summed E-state index contributed by atoms with van der Waals surface area (Å²) in [5, 5.41) is 7.69. The van der Waals surface area contributed by atoms with Crippen molar-refractivity contribution in [3.8, 4) is 0 Å². The van der Waals surface area contributed by atoms with E-state index in [1.807, 2.05) is 35.1 Å². The molecule has 0 saturated heterocycles. The third-order valence-corrected chi connectivity index (χ3v) is 3.52. The van der Waals surface area contributed by atoms with Crippen LogP contribution in [0.15, 0.2) is 41.1 Å². The minimum Gasteiger partial charge on any atom is -0.440 e. The lowest BCUT2D eigenvalue weighted by Crippen LogP contribution is -2.19. The number of aryl methyl sites for hydroxylation is 1. The summed E-state index contributed by atoms with van der Waals surface area (Å²) in [6.07, 6.45) is 3.97. The van der Waals surface area contributed by atoms with Crippen LogP contribution in [0, 0.1) is 0 Å². The highest BCUT2D eigenvalue weighted by molar-refractivity contribution is 5.72. The Kier molecular flexibility index (Phi) is 4.01. The van der Waals surface area contributed by atoms with E-state index in [4.69, 9.17) is 4.42 Å². The standard InChI is InChI=1S/C16H20N4O/c1-3-20-11-13(10-18-20)9-17-8-12(2)16-19-14-6-4-5-7-15(14)21-16/h4-7,10-12,17H,3,8-9H2,1-2H3. The quantitative estimate of drug-likeness (QED) is 0.756. The van der Waals surface area contributed by atoms with Crippen LogP contribution >= 0.6 is 0 Å². The van der Waals surface area contributed by atoms with E-state index in [1.165, 1.54) is 5.56 Å². The topological polar surface area (TPSA) is 55.9 Å². The number of para-hydroxylation sites is 2. The molecular formula is C16H20N4O. The van der Waals surface area contributed by atoms with Gasteiger partial charge in [0, 0.05) is 37.3 Å². The molecule has 1 atom stereocenters. The Balaban J connectivity index is 1.57. The predicted molar refractivity (Wildman–Crippen MR) is 82.0 cm³/mol. The van der Waals surface area contributed by atoms with Crippen molar-refractivity contribution in [1.29, 1.82) is 0 Å². The number of hydrogen-bond donors (Lipinski definition) is 1. The average molecular weight is 284 g/mol. The summed E-state index contributed by atoms with van der Waals surface area (Å²) in [5.74, 6) is 1.02. The highest BCUT2D eigenvalue weighted by atomic mass is 16.3. The number of benzene rings is 1. The van der Waals surface area contributed by atoms with Gasteiger partial charge in [0.2, 0.25) is 0 Å². The number of oxazole rings is 1. The lowest BCUT2D eigenvalue weighted by molar-refractivity contribution is 0.466. The predicted octanol–water partition coefficient (Wildman–Crippen LogP) is 2.94. The maximum absolute atomic E-state index is 5.79. The fourth-order valence-electron chi connectivity index (χ4n) is 2.29. The van der Waals surface area contributed by atoms with Crippen LogP contribution in [0.1, 0.15) is 31.2 Å². The Hall–Kier alpha value is -2.14. The van der Waals surface area contributed by atoms with Gasteiger partial charge in [0.15, 0.2) is 11.5 Å². The van der Waals surface area contributed by atoms with Crippen LogP contribution in [-0.2, 0) is 13.1 Å². The van der Waals surface area contributed by atoms with Gasteiger partial charge in [-0.1, -0.05) is 19.1 Å². The molecule has 21 heavy (non-hydrogen) atoms. The number of hydrogen-bond acceptors (Lipinski definition) is 4. The van der Waals surface area contributed by atoms with Gasteiger partial charge in [-0.25, -0.2) is 4.98 Å². The first-order valence-electron chi connectivity index (χ1n) is 7.33. The molecule has 1 N–H and O–H groups in total. The highest BCUT2D eigenvalue weighted by Crippen LogP contribution is 2.20. The Morgan fingerprint density at radius 1 is 1.33 bits per heavy atom. The summed E-state index contributed by atoms with van der Waals surface area (Å²) in [5.41, 5.74) is 2.97. The van der Waals surface area contributed by atoms with E-state index in [0.717, 1.165) is 36.6 Å². The first kappa shape index (κ1) is 13.8. The van der Waals surface area contributed by atoms with Crippen molar-refractivity contribution >= 4 is 11.1 Å². The molecule has 1 aromatic carbocycles. The Morgan fingerprint density at radius 2 is 2.19 bits per heavy atom. The number of nitrogens with one attached hydrogen (secondary N) is 1. The average Bonchev–Trinajstić information content (AvgIpc) is 3.13. The molecule has 5 nitrogen and oxygen atoms in total. The van der Waals surface area contributed by atoms with Gasteiger partial charge in [-0.15, -0.1) is 0 Å². The van der Waals surface area contributed by atoms with Gasteiger partial charge in [0.1, 0.15) is 5.52 Å². The van der Waals surface area contributed by atoms with Crippen molar-refractivity contribution in [3.05, 3.63) is 48.1 Å². The van der Waals surface area contributed by atoms with E-state index in [1.54, 1.807) is 0 Å². The summed E-state index contributed by atoms with van der Waals surface area (Å²) < 4.78 is 7.72. The fourth-order valence-corrected chi connectivity index (χ4v) is 2.29. The van der Waals surface area contributed by atoms with Crippen LogP contribution in [-0.4, -0.2) is 21.3 Å². The minimum absolute atomic E-state index is 0.235. The van der Waals surface area contributed by atoms with Crippen molar-refractivity contribution in [2.24, 2.45) is 0 Å². The van der Waals surface area contributed by atoms with Crippen molar-refractivity contribution in [1.82, 2.24) is 20.1 Å². The van der Waals surface area contributed by atoms with E-state index in [-0.39, 0.29) is 5.92 Å². The Labute approximate surface area is 124 Å². The van der Waals surface area contributed by atoms with Gasteiger partial charge in [-0.2, -0.15) is 5.10 Å². The van der Waals surface area contributed by atoms with Gasteiger partial charge in [0.05, 0.1) is 6.20 Å². The molecule has 0 spiro atoms. The number of rotatable bonds is 6. The molecule has 3 rings (SSSR count). The summed E-state index contributed by atoms with van der Waals surface area (Å²) in [6.45, 7) is 6.74. The molecule has 0 aliphatic carbocycles. The summed E-state index contributed by atoms with van der Waals surface area (Å²) in [6, 6.07) is 7.86. The minimum atomic E-state index is 0.235. The van der Waals surface area contributed by atoms with Gasteiger partial charge in [-0.3, -0.25) is 4.68 Å². The third kappa shape index (κ3) is 3.13.